The summed E-state index contributed by atoms with van der Waals surface area (Å²) in [6.07, 6.45) is 0. The van der Waals surface area contributed by atoms with Crippen LogP contribution >= 0.6 is 38.9 Å². The van der Waals surface area contributed by atoms with E-state index in [1.54, 1.807) is 6.07 Å². The van der Waals surface area contributed by atoms with Crippen molar-refractivity contribution < 1.29 is 4.39 Å². The number of fused-ring (bicyclic) bond motifs is 1. The van der Waals surface area contributed by atoms with Crippen molar-refractivity contribution in [3.05, 3.63) is 51.7 Å². The maximum atomic E-state index is 13.0. The second kappa shape index (κ2) is 5.07. The highest BCUT2D eigenvalue weighted by Crippen LogP contribution is 2.32. The van der Waals surface area contributed by atoms with E-state index < -0.39 is 0 Å². The monoisotopic (exact) mass is 356 g/mol. The lowest BCUT2D eigenvalue weighted by Gasteiger charge is -2.04. The maximum absolute atomic E-state index is 13.0. The molecule has 0 amide bonds. The largest absolute Gasteiger partial charge is 0.330 e. The van der Waals surface area contributed by atoms with Crippen molar-refractivity contribution in [2.75, 3.05) is 5.32 Å². The molecule has 6 heteroatoms. The Morgan fingerprint density at radius 2 is 2.05 bits per heavy atom. The molecule has 2 nitrogen and oxygen atoms in total. The Morgan fingerprint density at radius 3 is 2.84 bits per heavy atom. The molecule has 3 aromatic rings. The van der Waals surface area contributed by atoms with E-state index in [1.165, 1.54) is 23.5 Å². The van der Waals surface area contributed by atoms with Crippen LogP contribution in [0.3, 0.4) is 0 Å². The van der Waals surface area contributed by atoms with Gasteiger partial charge in [0.15, 0.2) is 5.13 Å². The van der Waals surface area contributed by atoms with Gasteiger partial charge in [-0.25, -0.2) is 9.37 Å². The van der Waals surface area contributed by atoms with Gasteiger partial charge in [0, 0.05) is 4.47 Å². The number of nitrogens with zero attached hydrogens (tertiary/aromatic N) is 1. The Balaban J connectivity index is 1.96. The number of benzene rings is 2. The zero-order valence-electron chi connectivity index (χ0n) is 9.45. The third-order valence-corrected chi connectivity index (χ3v) is 4.28. The number of hydrogen-bond donors (Lipinski definition) is 1. The molecule has 3 rings (SSSR count). The zero-order valence-corrected chi connectivity index (χ0v) is 12.6. The van der Waals surface area contributed by atoms with Gasteiger partial charge in [-0.15, -0.1) is 0 Å². The molecule has 0 fully saturated rings. The van der Waals surface area contributed by atoms with Crippen LogP contribution in [0.15, 0.2) is 40.9 Å². The van der Waals surface area contributed by atoms with Gasteiger partial charge in [0.25, 0.3) is 0 Å². The Kier molecular flexibility index (Phi) is 3.43. The summed E-state index contributed by atoms with van der Waals surface area (Å²) in [5.74, 6) is -0.358. The smallest absolute Gasteiger partial charge is 0.188 e. The van der Waals surface area contributed by atoms with E-state index in [-0.39, 0.29) is 5.82 Å². The Labute approximate surface area is 126 Å². The van der Waals surface area contributed by atoms with E-state index in [2.05, 4.69) is 26.2 Å². The predicted octanol–water partition coefficient (Wildman–Crippen LogP) is 5.59. The molecule has 1 heterocycles. The lowest BCUT2D eigenvalue weighted by molar-refractivity contribution is 0.628. The molecule has 0 aliphatic rings. The molecule has 0 spiro atoms. The molecule has 1 N–H and O–H groups in total. The van der Waals surface area contributed by atoms with Crippen LogP contribution in [-0.2, 0) is 0 Å². The van der Waals surface area contributed by atoms with Crippen LogP contribution in [-0.4, -0.2) is 4.98 Å². The number of thiazole rings is 1. The first kappa shape index (κ1) is 12.8. The lowest BCUT2D eigenvalue weighted by Crippen LogP contribution is -1.90. The average molecular weight is 358 g/mol. The van der Waals surface area contributed by atoms with Gasteiger partial charge in [-0.2, -0.15) is 0 Å². The van der Waals surface area contributed by atoms with E-state index in [0.29, 0.717) is 10.7 Å². The minimum atomic E-state index is -0.358. The molecule has 96 valence electrons. The van der Waals surface area contributed by atoms with Crippen LogP contribution in [0, 0.1) is 5.82 Å². The number of aromatic nitrogens is 1. The number of hydrogen-bond acceptors (Lipinski definition) is 3. The van der Waals surface area contributed by atoms with Crippen molar-refractivity contribution in [2.45, 2.75) is 0 Å². The first-order chi connectivity index (χ1) is 9.11. The van der Waals surface area contributed by atoms with Gasteiger partial charge in [0.1, 0.15) is 5.82 Å². The van der Waals surface area contributed by atoms with Gasteiger partial charge >= 0.3 is 0 Å². The zero-order chi connectivity index (χ0) is 13.4. The summed E-state index contributed by atoms with van der Waals surface area (Å²) in [6.45, 7) is 0. The molecule has 0 atom stereocenters. The summed E-state index contributed by atoms with van der Waals surface area (Å²) < 4.78 is 15.0. The molecule has 1 aromatic heterocycles. The van der Waals surface area contributed by atoms with Crippen molar-refractivity contribution in [3.63, 3.8) is 0 Å². The van der Waals surface area contributed by atoms with Gasteiger partial charge in [-0.3, -0.25) is 0 Å². The molecule has 0 bridgehead atoms. The van der Waals surface area contributed by atoms with E-state index in [9.17, 15) is 4.39 Å². The molecule has 0 radical (unpaired) electrons. The molecule has 0 aliphatic carbocycles. The minimum Gasteiger partial charge on any atom is -0.330 e. The van der Waals surface area contributed by atoms with Gasteiger partial charge < -0.3 is 5.32 Å². The summed E-state index contributed by atoms with van der Waals surface area (Å²) in [4.78, 5) is 4.46. The number of anilines is 2. The number of rotatable bonds is 2. The van der Waals surface area contributed by atoms with Crippen molar-refractivity contribution in [3.8, 4) is 0 Å². The molecule has 0 saturated heterocycles. The van der Waals surface area contributed by atoms with Gasteiger partial charge in [0.2, 0.25) is 0 Å². The van der Waals surface area contributed by atoms with Crippen molar-refractivity contribution in [1.82, 2.24) is 4.98 Å². The SMILES string of the molecule is Fc1ccc(Nc2nc3cc(Br)ccc3s2)c(Cl)c1. The second-order valence-electron chi connectivity index (χ2n) is 3.88. The van der Waals surface area contributed by atoms with E-state index >= 15 is 0 Å². The second-order valence-corrected chi connectivity index (χ2v) is 6.23. The maximum Gasteiger partial charge on any atom is 0.188 e. The fraction of sp³-hybridized carbons (Fsp3) is 0. The van der Waals surface area contributed by atoms with Crippen molar-refractivity contribution in [1.29, 1.82) is 0 Å². The fourth-order valence-corrected chi connectivity index (χ4v) is 3.08. The van der Waals surface area contributed by atoms with Crippen LogP contribution < -0.4 is 5.32 Å². The highest BCUT2D eigenvalue weighted by atomic mass is 79.9. The van der Waals surface area contributed by atoms with Crippen LogP contribution in [0.25, 0.3) is 10.2 Å². The third-order valence-electron chi connectivity index (χ3n) is 2.52. The van der Waals surface area contributed by atoms with Gasteiger partial charge in [-0.05, 0) is 36.4 Å². The highest BCUT2D eigenvalue weighted by Gasteiger charge is 2.07. The molecule has 0 saturated carbocycles. The van der Waals surface area contributed by atoms with Gasteiger partial charge in [-0.1, -0.05) is 38.9 Å². The predicted molar refractivity (Wildman–Crippen MR) is 82.0 cm³/mol. The van der Waals surface area contributed by atoms with Crippen LogP contribution in [0.5, 0.6) is 0 Å². The van der Waals surface area contributed by atoms with E-state index in [1.807, 2.05) is 18.2 Å². The fourth-order valence-electron chi connectivity index (χ4n) is 1.66. The molecular formula is C13H7BrClFN2S. The molecule has 19 heavy (non-hydrogen) atoms. The van der Waals surface area contributed by atoms with Crippen LogP contribution in [0.1, 0.15) is 0 Å². The average Bonchev–Trinajstić information content (AvgIpc) is 2.74. The van der Waals surface area contributed by atoms with Crippen LogP contribution in [0.2, 0.25) is 5.02 Å². The normalized spacial score (nSPS) is 10.9. The Bertz CT molecular complexity index is 759. The van der Waals surface area contributed by atoms with Crippen molar-refractivity contribution in [2.24, 2.45) is 0 Å². The lowest BCUT2D eigenvalue weighted by atomic mass is 10.3. The first-order valence-corrected chi connectivity index (χ1v) is 7.39. The Hall–Kier alpha value is -1.17. The molecular weight excluding hydrogens is 351 g/mol. The summed E-state index contributed by atoms with van der Waals surface area (Å²) in [5.41, 5.74) is 1.54. The first-order valence-electron chi connectivity index (χ1n) is 5.40. The summed E-state index contributed by atoms with van der Waals surface area (Å²) in [6, 6.07) is 10.1. The van der Waals surface area contributed by atoms with Gasteiger partial charge in [0.05, 0.1) is 20.9 Å². The van der Waals surface area contributed by atoms with Crippen molar-refractivity contribution >= 4 is 59.9 Å². The number of nitrogens with one attached hydrogen (secondary N) is 1. The summed E-state index contributed by atoms with van der Waals surface area (Å²) >= 11 is 10.9. The Morgan fingerprint density at radius 1 is 1.21 bits per heavy atom. The van der Waals surface area contributed by atoms with E-state index in [0.717, 1.165) is 19.8 Å². The highest BCUT2D eigenvalue weighted by molar-refractivity contribution is 9.10. The molecule has 0 aliphatic heterocycles. The third kappa shape index (κ3) is 2.73. The molecule has 0 unspecified atom stereocenters. The van der Waals surface area contributed by atoms with Crippen LogP contribution in [0.4, 0.5) is 15.2 Å². The summed E-state index contributed by atoms with van der Waals surface area (Å²) in [7, 11) is 0. The number of halogens is 3. The van der Waals surface area contributed by atoms with E-state index in [4.69, 9.17) is 11.6 Å². The topological polar surface area (TPSA) is 24.9 Å². The quantitative estimate of drug-likeness (QED) is 0.646. The summed E-state index contributed by atoms with van der Waals surface area (Å²) in [5, 5.41) is 4.16. The molecule has 2 aromatic carbocycles. The minimum absolute atomic E-state index is 0.334. The standard InChI is InChI=1S/C13H7BrClFN2S/c14-7-1-4-12-11(5-7)18-13(19-12)17-10-3-2-8(16)6-9(10)15/h1-6H,(H,17,18).